The van der Waals surface area contributed by atoms with Crippen LogP contribution in [0.1, 0.15) is 25.7 Å². The zero-order chi connectivity index (χ0) is 10.3. The zero-order valence-corrected chi connectivity index (χ0v) is 9.62. The smallest absolute Gasteiger partial charge is 0.0334 e. The molecule has 0 spiro atoms. The molecule has 0 atom stereocenters. The number of nitrogens with zero attached hydrogens (tertiary/aromatic N) is 2. The van der Waals surface area contributed by atoms with Gasteiger partial charge in [0.05, 0.1) is 0 Å². The van der Waals surface area contributed by atoms with E-state index in [0.717, 1.165) is 12.5 Å². The van der Waals surface area contributed by atoms with Crippen LogP contribution < -0.4 is 5.73 Å². The number of nitrogens with two attached hydrogens (primary N) is 1. The minimum atomic E-state index is 0.436. The standard InChI is InChI=1S/C12H23N3/c13-10-12(3-4-12)15-7-5-14(6-8-15)9-11-1-2-11/h11H,1-10,13H2. The zero-order valence-electron chi connectivity index (χ0n) is 9.62. The van der Waals surface area contributed by atoms with Crippen LogP contribution in [0.15, 0.2) is 0 Å². The topological polar surface area (TPSA) is 32.5 Å². The van der Waals surface area contributed by atoms with Crippen molar-refractivity contribution in [2.75, 3.05) is 39.3 Å². The molecular formula is C12H23N3. The van der Waals surface area contributed by atoms with Gasteiger partial charge in [0.15, 0.2) is 0 Å². The van der Waals surface area contributed by atoms with Crippen molar-refractivity contribution in [2.45, 2.75) is 31.2 Å². The Hall–Kier alpha value is -0.120. The molecule has 2 saturated carbocycles. The van der Waals surface area contributed by atoms with E-state index < -0.39 is 0 Å². The summed E-state index contributed by atoms with van der Waals surface area (Å²) < 4.78 is 0. The molecule has 3 nitrogen and oxygen atoms in total. The summed E-state index contributed by atoms with van der Waals surface area (Å²) in [4.78, 5) is 5.30. The van der Waals surface area contributed by atoms with Crippen LogP contribution in [0.25, 0.3) is 0 Å². The van der Waals surface area contributed by atoms with Crippen LogP contribution in [0.2, 0.25) is 0 Å². The van der Waals surface area contributed by atoms with E-state index >= 15 is 0 Å². The molecule has 0 amide bonds. The first kappa shape index (κ1) is 10.1. The Balaban J connectivity index is 1.47. The third-order valence-corrected chi connectivity index (χ3v) is 4.46. The molecule has 1 heterocycles. The number of hydrogen-bond acceptors (Lipinski definition) is 3. The van der Waals surface area contributed by atoms with Crippen LogP contribution in [-0.2, 0) is 0 Å². The summed E-state index contributed by atoms with van der Waals surface area (Å²) in [7, 11) is 0. The molecule has 0 radical (unpaired) electrons. The van der Waals surface area contributed by atoms with Crippen LogP contribution in [0.5, 0.6) is 0 Å². The van der Waals surface area contributed by atoms with Crippen LogP contribution in [0.3, 0.4) is 0 Å². The quantitative estimate of drug-likeness (QED) is 0.732. The van der Waals surface area contributed by atoms with Crippen molar-refractivity contribution < 1.29 is 0 Å². The highest BCUT2D eigenvalue weighted by Gasteiger charge is 2.47. The third-order valence-electron chi connectivity index (χ3n) is 4.46. The Labute approximate surface area is 92.6 Å². The molecule has 0 unspecified atom stereocenters. The van der Waals surface area contributed by atoms with E-state index in [2.05, 4.69) is 9.80 Å². The van der Waals surface area contributed by atoms with E-state index in [1.54, 1.807) is 0 Å². The van der Waals surface area contributed by atoms with Crippen molar-refractivity contribution in [3.8, 4) is 0 Å². The molecule has 86 valence electrons. The first-order valence-electron chi connectivity index (χ1n) is 6.50. The van der Waals surface area contributed by atoms with Gasteiger partial charge >= 0.3 is 0 Å². The molecule has 0 aromatic heterocycles. The highest BCUT2D eigenvalue weighted by atomic mass is 15.3. The predicted molar refractivity (Wildman–Crippen MR) is 61.8 cm³/mol. The first-order valence-corrected chi connectivity index (χ1v) is 6.50. The highest BCUT2D eigenvalue weighted by molar-refractivity contribution is 5.05. The summed E-state index contributed by atoms with van der Waals surface area (Å²) >= 11 is 0. The molecule has 15 heavy (non-hydrogen) atoms. The van der Waals surface area contributed by atoms with Gasteiger partial charge in [-0.3, -0.25) is 4.90 Å². The second-order valence-corrected chi connectivity index (χ2v) is 5.66. The Bertz CT molecular complexity index is 225. The van der Waals surface area contributed by atoms with Crippen molar-refractivity contribution in [3.05, 3.63) is 0 Å². The molecule has 2 aliphatic carbocycles. The summed E-state index contributed by atoms with van der Waals surface area (Å²) in [6.07, 6.45) is 5.64. The fourth-order valence-corrected chi connectivity index (χ4v) is 2.86. The van der Waals surface area contributed by atoms with Crippen molar-refractivity contribution in [1.29, 1.82) is 0 Å². The second-order valence-electron chi connectivity index (χ2n) is 5.66. The molecule has 0 aromatic rings. The predicted octanol–water partition coefficient (Wildman–Crippen LogP) is 0.505. The van der Waals surface area contributed by atoms with Gasteiger partial charge in [-0.05, 0) is 31.6 Å². The summed E-state index contributed by atoms with van der Waals surface area (Å²) in [5, 5.41) is 0. The van der Waals surface area contributed by atoms with Gasteiger partial charge in [-0.1, -0.05) is 0 Å². The molecule has 3 aliphatic rings. The van der Waals surface area contributed by atoms with Gasteiger partial charge < -0.3 is 10.6 Å². The van der Waals surface area contributed by atoms with Gasteiger partial charge in [0.1, 0.15) is 0 Å². The number of hydrogen-bond donors (Lipinski definition) is 1. The van der Waals surface area contributed by atoms with Crippen molar-refractivity contribution in [3.63, 3.8) is 0 Å². The van der Waals surface area contributed by atoms with E-state index in [4.69, 9.17) is 5.73 Å². The summed E-state index contributed by atoms with van der Waals surface area (Å²) in [6.45, 7) is 7.30. The lowest BCUT2D eigenvalue weighted by molar-refractivity contribution is 0.0853. The number of rotatable bonds is 4. The van der Waals surface area contributed by atoms with Crippen LogP contribution in [-0.4, -0.2) is 54.6 Å². The van der Waals surface area contributed by atoms with E-state index in [9.17, 15) is 0 Å². The second kappa shape index (κ2) is 3.72. The van der Waals surface area contributed by atoms with Crippen molar-refractivity contribution in [2.24, 2.45) is 11.7 Å². The minimum Gasteiger partial charge on any atom is -0.329 e. The molecule has 3 heteroatoms. The largest absolute Gasteiger partial charge is 0.329 e. The summed E-state index contributed by atoms with van der Waals surface area (Å²) in [6, 6.07) is 0. The lowest BCUT2D eigenvalue weighted by Crippen LogP contribution is -2.53. The van der Waals surface area contributed by atoms with Gasteiger partial charge in [0.25, 0.3) is 0 Å². The lowest BCUT2D eigenvalue weighted by atomic mass is 10.2. The van der Waals surface area contributed by atoms with Gasteiger partial charge in [-0.25, -0.2) is 0 Å². The average Bonchev–Trinajstić information content (AvgIpc) is 3.14. The molecular weight excluding hydrogens is 186 g/mol. The van der Waals surface area contributed by atoms with E-state index in [1.165, 1.54) is 58.4 Å². The van der Waals surface area contributed by atoms with Crippen molar-refractivity contribution >= 4 is 0 Å². The van der Waals surface area contributed by atoms with E-state index in [-0.39, 0.29) is 0 Å². The summed E-state index contributed by atoms with van der Waals surface area (Å²) in [5.74, 6) is 1.04. The Morgan fingerprint density at radius 3 is 2.20 bits per heavy atom. The van der Waals surface area contributed by atoms with Crippen LogP contribution >= 0.6 is 0 Å². The SMILES string of the molecule is NCC1(N2CCN(CC3CC3)CC2)CC1. The molecule has 3 fully saturated rings. The Morgan fingerprint density at radius 1 is 1.07 bits per heavy atom. The molecule has 1 saturated heterocycles. The minimum absolute atomic E-state index is 0.436. The number of piperazine rings is 1. The normalized spacial score (nSPS) is 31.8. The third kappa shape index (κ3) is 2.05. The fourth-order valence-electron chi connectivity index (χ4n) is 2.86. The Kier molecular flexibility index (Phi) is 2.49. The maximum absolute atomic E-state index is 5.87. The van der Waals surface area contributed by atoms with Crippen LogP contribution in [0, 0.1) is 5.92 Å². The van der Waals surface area contributed by atoms with Gasteiger partial charge in [-0.2, -0.15) is 0 Å². The first-order chi connectivity index (χ1) is 7.32. The molecule has 0 aromatic carbocycles. The molecule has 1 aliphatic heterocycles. The fraction of sp³-hybridized carbons (Fsp3) is 1.00. The summed E-state index contributed by atoms with van der Waals surface area (Å²) in [5.41, 5.74) is 6.31. The van der Waals surface area contributed by atoms with E-state index in [0.29, 0.717) is 5.54 Å². The highest BCUT2D eigenvalue weighted by Crippen LogP contribution is 2.41. The maximum Gasteiger partial charge on any atom is 0.0334 e. The van der Waals surface area contributed by atoms with Crippen LogP contribution in [0.4, 0.5) is 0 Å². The van der Waals surface area contributed by atoms with E-state index in [1.807, 2.05) is 0 Å². The molecule has 2 N–H and O–H groups in total. The maximum atomic E-state index is 5.87. The van der Waals surface area contributed by atoms with Gasteiger partial charge in [0, 0.05) is 44.8 Å². The lowest BCUT2D eigenvalue weighted by Gasteiger charge is -2.39. The van der Waals surface area contributed by atoms with Gasteiger partial charge in [-0.15, -0.1) is 0 Å². The molecule has 0 bridgehead atoms. The Morgan fingerprint density at radius 2 is 1.73 bits per heavy atom. The monoisotopic (exact) mass is 209 g/mol. The average molecular weight is 209 g/mol. The molecule has 3 rings (SSSR count). The van der Waals surface area contributed by atoms with Crippen molar-refractivity contribution in [1.82, 2.24) is 9.80 Å². The van der Waals surface area contributed by atoms with Gasteiger partial charge in [0.2, 0.25) is 0 Å².